The minimum Gasteiger partial charge on any atom is -0.469 e. The van der Waals surface area contributed by atoms with E-state index in [4.69, 9.17) is 8.83 Å². The molecule has 0 fully saturated rings. The first-order valence-corrected chi connectivity index (χ1v) is 8.48. The molecule has 0 N–H and O–H groups in total. The van der Waals surface area contributed by atoms with Crippen LogP contribution in [0.5, 0.6) is 0 Å². The van der Waals surface area contributed by atoms with E-state index in [-0.39, 0.29) is 5.25 Å². The van der Waals surface area contributed by atoms with Crippen LogP contribution < -0.4 is 0 Å². The van der Waals surface area contributed by atoms with Crippen LogP contribution in [0.25, 0.3) is 17.1 Å². The summed E-state index contributed by atoms with van der Waals surface area (Å²) in [5, 5.41) is 20.5. The molecule has 0 saturated carbocycles. The maximum absolute atomic E-state index is 5.73. The molecule has 0 spiro atoms. The van der Waals surface area contributed by atoms with Gasteiger partial charge in [-0.3, -0.25) is 0 Å². The number of tetrazole rings is 1. The highest BCUT2D eigenvalue weighted by molar-refractivity contribution is 7.99. The number of hydrogen-bond acceptors (Lipinski definition) is 8. The Balaban J connectivity index is 1.56. The second-order valence-electron chi connectivity index (χ2n) is 5.31. The average molecular weight is 354 g/mol. The molecule has 126 valence electrons. The maximum atomic E-state index is 5.73. The van der Waals surface area contributed by atoms with E-state index in [1.807, 2.05) is 44.2 Å². The van der Waals surface area contributed by atoms with Gasteiger partial charge < -0.3 is 8.83 Å². The summed E-state index contributed by atoms with van der Waals surface area (Å²) in [6.45, 7) is 3.84. The molecule has 0 saturated heterocycles. The molecule has 0 aliphatic carbocycles. The third-order valence-electron chi connectivity index (χ3n) is 3.63. The zero-order valence-corrected chi connectivity index (χ0v) is 14.3. The molecule has 0 aliphatic heterocycles. The third kappa shape index (κ3) is 3.05. The predicted octanol–water partition coefficient (Wildman–Crippen LogP) is 3.47. The average Bonchev–Trinajstić information content (AvgIpc) is 3.35. The van der Waals surface area contributed by atoms with Crippen molar-refractivity contribution in [1.29, 1.82) is 0 Å². The number of benzene rings is 1. The fourth-order valence-corrected chi connectivity index (χ4v) is 3.15. The molecule has 0 radical (unpaired) electrons. The third-order valence-corrected chi connectivity index (χ3v) is 4.56. The van der Waals surface area contributed by atoms with Crippen LogP contribution in [0.1, 0.15) is 23.8 Å². The Hall–Kier alpha value is -2.94. The molecule has 1 unspecified atom stereocenters. The Bertz CT molecular complexity index is 977. The Morgan fingerprint density at radius 1 is 1.08 bits per heavy atom. The van der Waals surface area contributed by atoms with E-state index in [1.165, 1.54) is 11.8 Å². The Labute approximate surface area is 147 Å². The summed E-state index contributed by atoms with van der Waals surface area (Å²) in [7, 11) is 0. The van der Waals surface area contributed by atoms with Crippen LogP contribution in [0.15, 0.2) is 56.7 Å². The van der Waals surface area contributed by atoms with Crippen molar-refractivity contribution in [2.24, 2.45) is 0 Å². The first kappa shape index (κ1) is 15.6. The van der Waals surface area contributed by atoms with Crippen LogP contribution in [0, 0.1) is 6.92 Å². The molecular weight excluding hydrogens is 340 g/mol. The molecule has 1 aromatic carbocycles. The van der Waals surface area contributed by atoms with Crippen LogP contribution in [-0.4, -0.2) is 30.4 Å². The van der Waals surface area contributed by atoms with Gasteiger partial charge in [-0.2, -0.15) is 4.68 Å². The zero-order chi connectivity index (χ0) is 17.2. The van der Waals surface area contributed by atoms with Gasteiger partial charge in [-0.15, -0.1) is 15.3 Å². The van der Waals surface area contributed by atoms with Crippen LogP contribution in [0.2, 0.25) is 0 Å². The number of rotatable bonds is 5. The Morgan fingerprint density at radius 3 is 2.68 bits per heavy atom. The van der Waals surface area contributed by atoms with Gasteiger partial charge in [-0.05, 0) is 42.5 Å². The van der Waals surface area contributed by atoms with Gasteiger partial charge in [0.05, 0.1) is 22.8 Å². The molecule has 0 amide bonds. The zero-order valence-electron chi connectivity index (χ0n) is 13.5. The van der Waals surface area contributed by atoms with E-state index in [0.717, 1.165) is 17.0 Å². The summed E-state index contributed by atoms with van der Waals surface area (Å²) < 4.78 is 12.7. The molecule has 4 rings (SSSR count). The predicted molar refractivity (Wildman–Crippen MR) is 90.2 cm³/mol. The van der Waals surface area contributed by atoms with Crippen LogP contribution in [0.4, 0.5) is 0 Å². The van der Waals surface area contributed by atoms with E-state index < -0.39 is 0 Å². The van der Waals surface area contributed by atoms with E-state index in [9.17, 15) is 0 Å². The van der Waals surface area contributed by atoms with Gasteiger partial charge in [0.2, 0.25) is 0 Å². The Kier molecular flexibility index (Phi) is 4.06. The minimum absolute atomic E-state index is 0.0750. The number of para-hydroxylation sites is 1. The summed E-state index contributed by atoms with van der Waals surface area (Å²) in [6, 6.07) is 11.5. The van der Waals surface area contributed by atoms with Crippen molar-refractivity contribution in [1.82, 2.24) is 30.4 Å². The van der Waals surface area contributed by atoms with Gasteiger partial charge >= 0.3 is 0 Å². The fourth-order valence-electron chi connectivity index (χ4n) is 2.38. The number of nitrogens with zero attached hydrogens (tertiary/aromatic N) is 6. The number of hydrogen-bond donors (Lipinski definition) is 0. The van der Waals surface area contributed by atoms with Crippen LogP contribution >= 0.6 is 11.8 Å². The highest BCUT2D eigenvalue weighted by atomic mass is 32.2. The summed E-state index contributed by atoms with van der Waals surface area (Å²) in [4.78, 5) is 0. The second-order valence-corrected chi connectivity index (χ2v) is 6.60. The monoisotopic (exact) mass is 354 g/mol. The normalized spacial score (nSPS) is 12.4. The largest absolute Gasteiger partial charge is 0.469 e. The summed E-state index contributed by atoms with van der Waals surface area (Å²) in [5.41, 5.74) is 1.69. The molecule has 0 bridgehead atoms. The van der Waals surface area contributed by atoms with Crippen molar-refractivity contribution < 1.29 is 8.83 Å². The quantitative estimate of drug-likeness (QED) is 0.503. The topological polar surface area (TPSA) is 95.7 Å². The number of aryl methyl sites for hydroxylation is 1. The highest BCUT2D eigenvalue weighted by Gasteiger charge is 2.21. The van der Waals surface area contributed by atoms with Gasteiger partial charge in [0.25, 0.3) is 11.1 Å². The summed E-state index contributed by atoms with van der Waals surface area (Å²) >= 11 is 1.40. The minimum atomic E-state index is -0.0750. The van der Waals surface area contributed by atoms with E-state index in [2.05, 4.69) is 25.7 Å². The van der Waals surface area contributed by atoms with Crippen molar-refractivity contribution in [3.63, 3.8) is 0 Å². The number of thioether (sulfide) groups is 1. The highest BCUT2D eigenvalue weighted by Crippen LogP contribution is 2.35. The van der Waals surface area contributed by atoms with E-state index in [0.29, 0.717) is 16.9 Å². The van der Waals surface area contributed by atoms with Crippen molar-refractivity contribution >= 4 is 11.8 Å². The van der Waals surface area contributed by atoms with E-state index in [1.54, 1.807) is 17.0 Å². The SMILES string of the molecule is Cc1occc1-c1nnc(SC(C)c2nnnn2-c2ccccc2)o1. The van der Waals surface area contributed by atoms with E-state index >= 15 is 0 Å². The van der Waals surface area contributed by atoms with Crippen molar-refractivity contribution in [2.75, 3.05) is 0 Å². The van der Waals surface area contributed by atoms with Crippen LogP contribution in [0.3, 0.4) is 0 Å². The van der Waals surface area contributed by atoms with Crippen molar-refractivity contribution in [3.8, 4) is 17.1 Å². The van der Waals surface area contributed by atoms with Crippen molar-refractivity contribution in [3.05, 3.63) is 54.2 Å². The molecule has 25 heavy (non-hydrogen) atoms. The molecule has 4 aromatic rings. The lowest BCUT2D eigenvalue weighted by Gasteiger charge is -2.08. The molecule has 3 aromatic heterocycles. The van der Waals surface area contributed by atoms with Gasteiger partial charge in [-0.25, -0.2) is 0 Å². The Morgan fingerprint density at radius 2 is 1.92 bits per heavy atom. The lowest BCUT2D eigenvalue weighted by molar-refractivity contribution is 0.462. The van der Waals surface area contributed by atoms with Crippen LogP contribution in [-0.2, 0) is 0 Å². The van der Waals surface area contributed by atoms with Gasteiger partial charge in [0.15, 0.2) is 5.82 Å². The first-order chi connectivity index (χ1) is 12.2. The summed E-state index contributed by atoms with van der Waals surface area (Å²) in [5.74, 6) is 1.88. The van der Waals surface area contributed by atoms with Crippen molar-refractivity contribution in [2.45, 2.75) is 24.3 Å². The smallest absolute Gasteiger partial charge is 0.277 e. The lowest BCUT2D eigenvalue weighted by atomic mass is 10.3. The number of aromatic nitrogens is 6. The standard InChI is InChI=1S/C16H14N6O2S/c1-10-13(8-9-23-10)15-18-19-16(24-15)25-11(2)14-17-20-21-22(14)12-6-4-3-5-7-12/h3-9,11H,1-2H3. The van der Waals surface area contributed by atoms with Gasteiger partial charge in [0, 0.05) is 0 Å². The number of furan rings is 1. The molecule has 8 nitrogen and oxygen atoms in total. The molecule has 0 aliphatic rings. The molecule has 1 atom stereocenters. The molecule has 9 heteroatoms. The van der Waals surface area contributed by atoms with Gasteiger partial charge in [0.1, 0.15) is 5.76 Å². The summed E-state index contributed by atoms with van der Waals surface area (Å²) in [6.07, 6.45) is 1.60. The maximum Gasteiger partial charge on any atom is 0.277 e. The first-order valence-electron chi connectivity index (χ1n) is 7.60. The van der Waals surface area contributed by atoms with Gasteiger partial charge in [-0.1, -0.05) is 30.0 Å². The molecule has 3 heterocycles. The fraction of sp³-hybridized carbons (Fsp3) is 0.188. The lowest BCUT2D eigenvalue weighted by Crippen LogP contribution is -2.04. The molecular formula is C16H14N6O2S. The second kappa shape index (κ2) is 6.52.